The molecule has 0 fully saturated rings. The van der Waals surface area contributed by atoms with Gasteiger partial charge in [-0.1, -0.05) is 31.2 Å². The van der Waals surface area contributed by atoms with Gasteiger partial charge in [-0.15, -0.1) is 12.4 Å². The molecule has 2 unspecified atom stereocenters. The van der Waals surface area contributed by atoms with E-state index in [1.54, 1.807) is 32.0 Å². The first-order chi connectivity index (χ1) is 11.4. The lowest BCUT2D eigenvalue weighted by atomic mass is 10.0. The normalized spacial score (nSPS) is 12.5. The zero-order valence-electron chi connectivity index (χ0n) is 14.6. The summed E-state index contributed by atoms with van der Waals surface area (Å²) in [6, 6.07) is 14.3. The molecule has 2 rings (SSSR count). The van der Waals surface area contributed by atoms with Crippen LogP contribution in [0.4, 0.5) is 11.4 Å². The maximum absolute atomic E-state index is 12.5. The van der Waals surface area contributed by atoms with Crippen LogP contribution in [0.5, 0.6) is 0 Å². The van der Waals surface area contributed by atoms with Gasteiger partial charge in [0.2, 0.25) is 5.91 Å². The molecule has 0 heterocycles. The number of nitrogens with one attached hydrogen (secondary N) is 2. The van der Waals surface area contributed by atoms with Crippen molar-refractivity contribution in [3.63, 3.8) is 0 Å². The van der Waals surface area contributed by atoms with E-state index in [0.717, 1.165) is 11.3 Å². The molecule has 0 aliphatic carbocycles. The fraction of sp³-hybridized carbons (Fsp3) is 0.263. The first kappa shape index (κ1) is 20.7. The molecular weight excluding hydrogens is 338 g/mol. The average molecular weight is 362 g/mol. The van der Waals surface area contributed by atoms with E-state index >= 15 is 0 Å². The minimum absolute atomic E-state index is 0. The highest BCUT2D eigenvalue weighted by Gasteiger charge is 2.19. The standard InChI is InChI=1S/C19H23N3O2.ClH/c1-12(14(3)20)18(23)22-17-11-7-10-16(13(17)2)19(24)21-15-8-5-4-6-9-15;/h4-12,14H,20H2,1-3H3,(H,21,24)(H,22,23);1H. The Morgan fingerprint density at radius 2 is 1.60 bits per heavy atom. The highest BCUT2D eigenvalue weighted by Crippen LogP contribution is 2.21. The monoisotopic (exact) mass is 361 g/mol. The second-order valence-electron chi connectivity index (χ2n) is 5.94. The summed E-state index contributed by atoms with van der Waals surface area (Å²) in [4.78, 5) is 24.7. The smallest absolute Gasteiger partial charge is 0.256 e. The molecule has 0 bridgehead atoms. The van der Waals surface area contributed by atoms with Crippen molar-refractivity contribution in [2.45, 2.75) is 26.8 Å². The maximum atomic E-state index is 12.5. The summed E-state index contributed by atoms with van der Waals surface area (Å²) >= 11 is 0. The SMILES string of the molecule is Cc1c(NC(=O)C(C)C(C)N)cccc1C(=O)Nc1ccccc1.Cl. The largest absolute Gasteiger partial charge is 0.327 e. The van der Waals surface area contributed by atoms with Crippen LogP contribution < -0.4 is 16.4 Å². The Morgan fingerprint density at radius 1 is 0.960 bits per heavy atom. The quantitative estimate of drug-likeness (QED) is 0.760. The summed E-state index contributed by atoms with van der Waals surface area (Å²) in [5.41, 5.74) is 8.35. The number of anilines is 2. The van der Waals surface area contributed by atoms with E-state index in [0.29, 0.717) is 11.3 Å². The van der Waals surface area contributed by atoms with E-state index < -0.39 is 0 Å². The Hall–Kier alpha value is -2.37. The van der Waals surface area contributed by atoms with E-state index in [4.69, 9.17) is 5.73 Å². The van der Waals surface area contributed by atoms with Gasteiger partial charge in [-0.25, -0.2) is 0 Å². The van der Waals surface area contributed by atoms with Crippen LogP contribution in [0, 0.1) is 12.8 Å². The molecule has 0 spiro atoms. The molecule has 0 radical (unpaired) electrons. The Balaban J connectivity index is 0.00000312. The fourth-order valence-corrected chi connectivity index (χ4v) is 2.22. The zero-order chi connectivity index (χ0) is 17.7. The molecule has 134 valence electrons. The average Bonchev–Trinajstić information content (AvgIpc) is 2.56. The second kappa shape index (κ2) is 9.20. The van der Waals surface area contributed by atoms with Gasteiger partial charge in [0.05, 0.1) is 5.92 Å². The summed E-state index contributed by atoms with van der Waals surface area (Å²) in [6.45, 7) is 5.38. The van der Waals surface area contributed by atoms with Gasteiger partial charge in [0.1, 0.15) is 0 Å². The third kappa shape index (κ3) is 5.31. The number of hydrogen-bond donors (Lipinski definition) is 3. The van der Waals surface area contributed by atoms with Crippen LogP contribution >= 0.6 is 12.4 Å². The molecule has 0 saturated carbocycles. The summed E-state index contributed by atoms with van der Waals surface area (Å²) in [5, 5.41) is 5.70. The third-order valence-electron chi connectivity index (χ3n) is 4.07. The number of hydrogen-bond acceptors (Lipinski definition) is 3. The predicted molar refractivity (Wildman–Crippen MR) is 104 cm³/mol. The van der Waals surface area contributed by atoms with Crippen LogP contribution in [0.15, 0.2) is 48.5 Å². The van der Waals surface area contributed by atoms with Crippen LogP contribution in [-0.2, 0) is 4.79 Å². The van der Waals surface area contributed by atoms with Gasteiger partial charge in [0.15, 0.2) is 0 Å². The minimum Gasteiger partial charge on any atom is -0.327 e. The summed E-state index contributed by atoms with van der Waals surface area (Å²) < 4.78 is 0. The van der Waals surface area contributed by atoms with Gasteiger partial charge in [-0.3, -0.25) is 9.59 Å². The number of nitrogens with two attached hydrogens (primary N) is 1. The van der Waals surface area contributed by atoms with Crippen molar-refractivity contribution in [3.8, 4) is 0 Å². The minimum atomic E-state index is -0.314. The lowest BCUT2D eigenvalue weighted by Gasteiger charge is -2.17. The van der Waals surface area contributed by atoms with Gasteiger partial charge in [0.25, 0.3) is 5.91 Å². The highest BCUT2D eigenvalue weighted by molar-refractivity contribution is 6.06. The van der Waals surface area contributed by atoms with Crippen molar-refractivity contribution in [2.24, 2.45) is 11.7 Å². The van der Waals surface area contributed by atoms with Crippen molar-refractivity contribution >= 4 is 35.6 Å². The van der Waals surface area contributed by atoms with Crippen LogP contribution in [0.3, 0.4) is 0 Å². The molecule has 25 heavy (non-hydrogen) atoms. The number of rotatable bonds is 5. The number of halogens is 1. The van der Waals surface area contributed by atoms with Crippen molar-refractivity contribution in [1.29, 1.82) is 0 Å². The Morgan fingerprint density at radius 3 is 2.20 bits per heavy atom. The number of amides is 2. The maximum Gasteiger partial charge on any atom is 0.256 e. The molecule has 0 aliphatic rings. The van der Waals surface area contributed by atoms with Gasteiger partial charge in [0, 0.05) is 23.0 Å². The van der Waals surface area contributed by atoms with E-state index in [-0.39, 0.29) is 36.2 Å². The summed E-state index contributed by atoms with van der Waals surface area (Å²) in [5.74, 6) is -0.685. The Labute approximate surface area is 154 Å². The van der Waals surface area contributed by atoms with E-state index in [1.807, 2.05) is 37.3 Å². The topological polar surface area (TPSA) is 84.2 Å². The lowest BCUT2D eigenvalue weighted by Crippen LogP contribution is -2.34. The number of benzene rings is 2. The number of carbonyl (C=O) groups is 2. The molecular formula is C19H24ClN3O2. The molecule has 2 aromatic carbocycles. The fourth-order valence-electron chi connectivity index (χ4n) is 2.22. The van der Waals surface area contributed by atoms with Gasteiger partial charge < -0.3 is 16.4 Å². The first-order valence-electron chi connectivity index (χ1n) is 7.92. The molecule has 0 aromatic heterocycles. The van der Waals surface area contributed by atoms with Gasteiger partial charge in [-0.05, 0) is 43.7 Å². The van der Waals surface area contributed by atoms with Crippen molar-refractivity contribution in [2.75, 3.05) is 10.6 Å². The van der Waals surface area contributed by atoms with Gasteiger partial charge >= 0.3 is 0 Å². The second-order valence-corrected chi connectivity index (χ2v) is 5.94. The van der Waals surface area contributed by atoms with E-state index in [9.17, 15) is 9.59 Å². The molecule has 4 N–H and O–H groups in total. The summed E-state index contributed by atoms with van der Waals surface area (Å²) in [7, 11) is 0. The van der Waals surface area contributed by atoms with Crippen LogP contribution in [0.25, 0.3) is 0 Å². The van der Waals surface area contributed by atoms with E-state index in [2.05, 4.69) is 10.6 Å². The summed E-state index contributed by atoms with van der Waals surface area (Å²) in [6.07, 6.45) is 0. The van der Waals surface area contributed by atoms with Crippen LogP contribution in [0.2, 0.25) is 0 Å². The molecule has 5 nitrogen and oxygen atoms in total. The molecule has 2 atom stereocenters. The number of carbonyl (C=O) groups excluding carboxylic acids is 2. The Kier molecular flexibility index (Phi) is 7.61. The van der Waals surface area contributed by atoms with Crippen molar-refractivity contribution in [3.05, 3.63) is 59.7 Å². The third-order valence-corrected chi connectivity index (χ3v) is 4.07. The van der Waals surface area contributed by atoms with Crippen molar-refractivity contribution < 1.29 is 9.59 Å². The lowest BCUT2D eigenvalue weighted by molar-refractivity contribution is -0.119. The number of para-hydroxylation sites is 1. The zero-order valence-corrected chi connectivity index (χ0v) is 15.4. The van der Waals surface area contributed by atoms with Crippen LogP contribution in [0.1, 0.15) is 29.8 Å². The van der Waals surface area contributed by atoms with E-state index in [1.165, 1.54) is 0 Å². The molecule has 2 aromatic rings. The highest BCUT2D eigenvalue weighted by atomic mass is 35.5. The first-order valence-corrected chi connectivity index (χ1v) is 7.92. The molecule has 0 saturated heterocycles. The Bertz CT molecular complexity index is 733. The molecule has 0 aliphatic heterocycles. The molecule has 2 amide bonds. The molecule has 6 heteroatoms. The van der Waals surface area contributed by atoms with Gasteiger partial charge in [-0.2, -0.15) is 0 Å². The van der Waals surface area contributed by atoms with Crippen LogP contribution in [-0.4, -0.2) is 17.9 Å². The van der Waals surface area contributed by atoms with Crippen molar-refractivity contribution in [1.82, 2.24) is 0 Å². The predicted octanol–water partition coefficient (Wildman–Crippen LogP) is 3.59.